The Bertz CT molecular complexity index is 4090. The average molecular weight is 1130 g/mol. The maximum Gasteiger partial charge on any atom is 0.171 e. The molecule has 0 aliphatic heterocycles. The van der Waals surface area contributed by atoms with Crippen LogP contribution in [-0.2, 0) is 23.7 Å². The molecule has 2 aliphatic carbocycles. The number of hydrogen-bond donors (Lipinski definition) is 0. The van der Waals surface area contributed by atoms with Crippen molar-refractivity contribution in [1.29, 1.82) is 0 Å². The minimum atomic E-state index is -3.71. The molecule has 4 nitrogen and oxygen atoms in total. The standard InChI is InChI=1S/C74H56O4P4/c1-3-5-27-54(4-2)79(75,55-28-13-6-14-29-55)62-42-46-66-67-47-43-63(80(76,56-30-15-7-16-31-56)57-32-17-8-18-33-57)51-71(67)74(70(66)50-62)72-52-64(81(77,58-34-19-9-20-35-58)59-36-21-10-22-37-59)44-48-68(72)69-49-45-65(53-73(69)74)82(78,60-38-23-11-24-39-60)61-40-25-12-26-41-61/h3-53H,2H2,1H3. The van der Waals surface area contributed by atoms with Crippen molar-refractivity contribution < 1.29 is 18.3 Å². The molecule has 396 valence electrons. The zero-order chi connectivity index (χ0) is 56.1. The largest absolute Gasteiger partial charge is 0.309 e. The van der Waals surface area contributed by atoms with Crippen molar-refractivity contribution in [2.24, 2.45) is 0 Å². The summed E-state index contributed by atoms with van der Waals surface area (Å²) in [6.45, 7) is 6.19. The normalized spacial score (nSPS) is 14.1. The Morgan fingerprint density at radius 3 is 0.817 bits per heavy atom. The van der Waals surface area contributed by atoms with Gasteiger partial charge in [0.25, 0.3) is 0 Å². The average Bonchev–Trinajstić information content (AvgIpc) is 2.24. The molecule has 0 fully saturated rings. The van der Waals surface area contributed by atoms with Crippen LogP contribution in [0, 0.1) is 0 Å². The molecule has 1 spiro atoms. The van der Waals surface area contributed by atoms with Gasteiger partial charge in [-0.1, -0.05) is 292 Å². The van der Waals surface area contributed by atoms with E-state index in [4.69, 9.17) is 0 Å². The summed E-state index contributed by atoms with van der Waals surface area (Å²) in [4.78, 5) is 0. The van der Waals surface area contributed by atoms with Gasteiger partial charge in [-0.2, -0.15) is 0 Å². The Balaban J connectivity index is 1.20. The summed E-state index contributed by atoms with van der Waals surface area (Å²) in [6.07, 6.45) is 7.42. The van der Waals surface area contributed by atoms with E-state index >= 15 is 18.3 Å². The van der Waals surface area contributed by atoms with Crippen molar-refractivity contribution in [1.82, 2.24) is 0 Å². The molecule has 82 heavy (non-hydrogen) atoms. The van der Waals surface area contributed by atoms with E-state index in [1.54, 1.807) is 6.08 Å². The summed E-state index contributed by atoms with van der Waals surface area (Å²) in [5.74, 6) is 0. The smallest absolute Gasteiger partial charge is 0.171 e. The molecule has 0 saturated carbocycles. The van der Waals surface area contributed by atoms with Crippen LogP contribution >= 0.6 is 28.6 Å². The minimum absolute atomic E-state index is 0.574. The van der Waals surface area contributed by atoms with Crippen LogP contribution in [0.3, 0.4) is 0 Å². The fourth-order valence-corrected chi connectivity index (χ4v) is 23.4. The molecule has 0 bridgehead atoms. The van der Waals surface area contributed by atoms with E-state index in [1.807, 2.05) is 262 Å². The Morgan fingerprint density at radius 1 is 0.317 bits per heavy atom. The number of rotatable bonds is 14. The SMILES string of the molecule is C=CC(=CC=CC)P(=O)(c1ccccc1)c1ccc2c(c1)C1(c3cc(P(=O)(c4ccccc4)c4ccccc4)ccc3-2)c2cc(P(=O)(c3ccccc3)c3ccccc3)ccc2-c2ccc(P(=O)(c3ccccc3)c3ccccc3)cc21. The summed E-state index contributed by atoms with van der Waals surface area (Å²) in [6, 6.07) is 93.0. The number of allylic oxidation sites excluding steroid dienone is 5. The molecular formula is C74H56O4P4. The lowest BCUT2D eigenvalue weighted by Crippen LogP contribution is -2.33. The van der Waals surface area contributed by atoms with Gasteiger partial charge in [-0.3, -0.25) is 0 Å². The van der Waals surface area contributed by atoms with Gasteiger partial charge < -0.3 is 18.3 Å². The lowest BCUT2D eigenvalue weighted by atomic mass is 9.70. The Labute approximate surface area is 480 Å². The fourth-order valence-electron chi connectivity index (χ4n) is 12.7. The maximum atomic E-state index is 16.8. The summed E-state index contributed by atoms with van der Waals surface area (Å²) in [7, 11) is -14.6. The second-order valence-electron chi connectivity index (χ2n) is 20.8. The van der Waals surface area contributed by atoms with Crippen LogP contribution in [0.4, 0.5) is 0 Å². The number of hydrogen-bond acceptors (Lipinski definition) is 4. The lowest BCUT2D eigenvalue weighted by Gasteiger charge is -2.33. The van der Waals surface area contributed by atoms with E-state index in [2.05, 4.69) is 55.1 Å². The predicted octanol–water partition coefficient (Wildman–Crippen LogP) is 13.9. The monoisotopic (exact) mass is 1130 g/mol. The quantitative estimate of drug-likeness (QED) is 0.0804. The number of fused-ring (bicyclic) bond motifs is 10. The van der Waals surface area contributed by atoms with Crippen molar-refractivity contribution in [3.05, 3.63) is 344 Å². The van der Waals surface area contributed by atoms with Crippen molar-refractivity contribution in [3.63, 3.8) is 0 Å². The van der Waals surface area contributed by atoms with Gasteiger partial charge in [0.05, 0.1) is 5.41 Å². The first-order chi connectivity index (χ1) is 40.1. The molecule has 0 radical (unpaired) electrons. The molecule has 2 aliphatic rings. The third-order valence-electron chi connectivity index (χ3n) is 16.5. The molecule has 0 saturated heterocycles. The highest BCUT2D eigenvalue weighted by atomic mass is 31.2. The Hall–Kier alpha value is -8.44. The van der Waals surface area contributed by atoms with E-state index in [-0.39, 0.29) is 0 Å². The summed E-state index contributed by atoms with van der Waals surface area (Å²) < 4.78 is 67.2. The highest BCUT2D eigenvalue weighted by molar-refractivity contribution is 7.86. The van der Waals surface area contributed by atoms with Crippen LogP contribution in [0.1, 0.15) is 29.2 Å². The molecule has 1 unspecified atom stereocenters. The molecule has 8 heteroatoms. The molecule has 13 rings (SSSR count). The first-order valence-corrected chi connectivity index (χ1v) is 34.3. The van der Waals surface area contributed by atoms with Gasteiger partial charge in [0.2, 0.25) is 0 Å². The van der Waals surface area contributed by atoms with Crippen LogP contribution in [0.25, 0.3) is 22.3 Å². The van der Waals surface area contributed by atoms with Gasteiger partial charge in [0, 0.05) is 63.7 Å². The molecular weight excluding hydrogens is 1080 g/mol. The van der Waals surface area contributed by atoms with E-state index in [0.29, 0.717) is 63.7 Å². The van der Waals surface area contributed by atoms with E-state index in [0.717, 1.165) is 44.5 Å². The van der Waals surface area contributed by atoms with Crippen molar-refractivity contribution in [2.75, 3.05) is 0 Å². The lowest BCUT2D eigenvalue weighted by molar-refractivity contribution is 0.590. The first-order valence-electron chi connectivity index (χ1n) is 27.5. The molecule has 11 aromatic carbocycles. The van der Waals surface area contributed by atoms with Crippen LogP contribution < -0.4 is 58.3 Å². The highest BCUT2D eigenvalue weighted by Gasteiger charge is 2.54. The topological polar surface area (TPSA) is 68.3 Å². The van der Waals surface area contributed by atoms with Crippen LogP contribution in [0.15, 0.2) is 321 Å². The second-order valence-corrected chi connectivity index (χ2v) is 31.8. The van der Waals surface area contributed by atoms with Crippen molar-refractivity contribution >= 4 is 86.9 Å². The van der Waals surface area contributed by atoms with Crippen LogP contribution in [0.2, 0.25) is 0 Å². The third kappa shape index (κ3) is 8.11. The predicted molar refractivity (Wildman–Crippen MR) is 347 cm³/mol. The molecule has 0 aromatic heterocycles. The van der Waals surface area contributed by atoms with Crippen molar-refractivity contribution in [3.8, 4) is 22.3 Å². The maximum absolute atomic E-state index is 16.8. The zero-order valence-corrected chi connectivity index (χ0v) is 48.7. The summed E-state index contributed by atoms with van der Waals surface area (Å²) in [5.41, 5.74) is 5.72. The third-order valence-corrected chi connectivity index (χ3v) is 28.8. The van der Waals surface area contributed by atoms with Gasteiger partial charge in [0.1, 0.15) is 0 Å². The molecule has 0 heterocycles. The van der Waals surface area contributed by atoms with E-state index < -0.39 is 34.0 Å². The van der Waals surface area contributed by atoms with Crippen molar-refractivity contribution in [2.45, 2.75) is 12.3 Å². The van der Waals surface area contributed by atoms with Gasteiger partial charge in [-0.05, 0) is 75.7 Å². The van der Waals surface area contributed by atoms with Gasteiger partial charge in [-0.25, -0.2) is 0 Å². The number of benzene rings is 11. The van der Waals surface area contributed by atoms with Gasteiger partial charge in [-0.15, -0.1) is 0 Å². The first kappa shape index (κ1) is 52.9. The van der Waals surface area contributed by atoms with Crippen LogP contribution in [-0.4, -0.2) is 0 Å². The van der Waals surface area contributed by atoms with Crippen LogP contribution in [0.5, 0.6) is 0 Å². The Morgan fingerprint density at radius 2 is 0.561 bits per heavy atom. The molecule has 1 atom stereocenters. The van der Waals surface area contributed by atoms with E-state index in [9.17, 15) is 0 Å². The van der Waals surface area contributed by atoms with Gasteiger partial charge in [0.15, 0.2) is 28.6 Å². The summed E-state index contributed by atoms with van der Waals surface area (Å²) in [5, 5.41) is 7.88. The molecule has 11 aromatic rings. The fraction of sp³-hybridized carbons (Fsp3) is 0.0270. The second kappa shape index (κ2) is 21.1. The molecule has 0 amide bonds. The zero-order valence-electron chi connectivity index (χ0n) is 45.1. The van der Waals surface area contributed by atoms with E-state index in [1.165, 1.54) is 0 Å². The summed E-state index contributed by atoms with van der Waals surface area (Å²) >= 11 is 0. The minimum Gasteiger partial charge on any atom is -0.309 e. The highest BCUT2D eigenvalue weighted by Crippen LogP contribution is 2.65. The molecule has 0 N–H and O–H groups in total. The Kier molecular flexibility index (Phi) is 13.6. The van der Waals surface area contributed by atoms with Gasteiger partial charge >= 0.3 is 0 Å².